The SMILES string of the molecule is NCCc1cc(N)nn1-c1cccc(Cl)c1. The number of anilines is 1. The lowest BCUT2D eigenvalue weighted by Crippen LogP contribution is -2.08. The molecule has 1 aromatic carbocycles. The molecule has 1 heterocycles. The zero-order valence-electron chi connectivity index (χ0n) is 8.73. The minimum atomic E-state index is 0.489. The smallest absolute Gasteiger partial charge is 0.146 e. The van der Waals surface area contributed by atoms with Crippen molar-refractivity contribution in [3.05, 3.63) is 41.0 Å². The minimum Gasteiger partial charge on any atom is -0.382 e. The molecule has 84 valence electrons. The van der Waals surface area contributed by atoms with Gasteiger partial charge < -0.3 is 11.5 Å². The van der Waals surface area contributed by atoms with Gasteiger partial charge in [-0.15, -0.1) is 0 Å². The summed E-state index contributed by atoms with van der Waals surface area (Å²) in [6.45, 7) is 0.561. The zero-order valence-corrected chi connectivity index (χ0v) is 9.48. The average Bonchev–Trinajstić information content (AvgIpc) is 2.60. The predicted molar refractivity (Wildman–Crippen MR) is 65.7 cm³/mol. The molecule has 0 aliphatic heterocycles. The highest BCUT2D eigenvalue weighted by Crippen LogP contribution is 2.18. The van der Waals surface area contributed by atoms with Gasteiger partial charge in [0.2, 0.25) is 0 Å². The van der Waals surface area contributed by atoms with E-state index < -0.39 is 0 Å². The maximum Gasteiger partial charge on any atom is 0.146 e. The van der Waals surface area contributed by atoms with Gasteiger partial charge in [-0.05, 0) is 24.7 Å². The summed E-state index contributed by atoms with van der Waals surface area (Å²) in [5.74, 6) is 0.489. The lowest BCUT2D eigenvalue weighted by molar-refractivity contribution is 0.793. The van der Waals surface area contributed by atoms with Crippen molar-refractivity contribution in [1.29, 1.82) is 0 Å². The van der Waals surface area contributed by atoms with Crippen LogP contribution in [0, 0.1) is 0 Å². The predicted octanol–water partition coefficient (Wildman–Crippen LogP) is 1.61. The fraction of sp³-hybridized carbons (Fsp3) is 0.182. The Morgan fingerprint density at radius 2 is 2.12 bits per heavy atom. The summed E-state index contributed by atoms with van der Waals surface area (Å²) in [6, 6.07) is 9.29. The van der Waals surface area contributed by atoms with Crippen LogP contribution in [-0.4, -0.2) is 16.3 Å². The summed E-state index contributed by atoms with van der Waals surface area (Å²) in [4.78, 5) is 0. The molecule has 0 saturated carbocycles. The quantitative estimate of drug-likeness (QED) is 0.851. The van der Waals surface area contributed by atoms with Crippen LogP contribution in [0.25, 0.3) is 5.69 Å². The molecule has 4 N–H and O–H groups in total. The molecule has 5 heteroatoms. The number of nitrogens with two attached hydrogens (primary N) is 2. The molecule has 0 fully saturated rings. The van der Waals surface area contributed by atoms with E-state index in [1.165, 1.54) is 0 Å². The third-order valence-electron chi connectivity index (χ3n) is 2.26. The van der Waals surface area contributed by atoms with Crippen LogP contribution < -0.4 is 11.5 Å². The van der Waals surface area contributed by atoms with Crippen LogP contribution >= 0.6 is 11.6 Å². The molecule has 1 aromatic heterocycles. The second-order valence-electron chi connectivity index (χ2n) is 3.49. The molecule has 0 aliphatic rings. The molecule has 0 radical (unpaired) electrons. The molecule has 0 aliphatic carbocycles. The van der Waals surface area contributed by atoms with Gasteiger partial charge in [0.05, 0.1) is 5.69 Å². The second-order valence-corrected chi connectivity index (χ2v) is 3.93. The standard InChI is InChI=1S/C11H13ClN4/c12-8-2-1-3-9(6-8)16-10(4-5-13)7-11(14)15-16/h1-3,6-7H,4-5,13H2,(H2,14,15). The largest absolute Gasteiger partial charge is 0.382 e. The first-order chi connectivity index (χ1) is 7.70. The van der Waals surface area contributed by atoms with E-state index in [9.17, 15) is 0 Å². The maximum atomic E-state index is 5.93. The summed E-state index contributed by atoms with van der Waals surface area (Å²) < 4.78 is 1.77. The number of halogens is 1. The molecular formula is C11H13ClN4. The number of hydrogen-bond acceptors (Lipinski definition) is 3. The molecule has 4 nitrogen and oxygen atoms in total. The number of aromatic nitrogens is 2. The fourth-order valence-electron chi connectivity index (χ4n) is 1.60. The number of nitrogen functional groups attached to an aromatic ring is 1. The van der Waals surface area contributed by atoms with Gasteiger partial charge in [-0.2, -0.15) is 5.10 Å². The molecular weight excluding hydrogens is 224 g/mol. The summed E-state index contributed by atoms with van der Waals surface area (Å²) >= 11 is 5.93. The number of nitrogens with zero attached hydrogens (tertiary/aromatic N) is 2. The van der Waals surface area contributed by atoms with E-state index in [0.717, 1.165) is 17.8 Å². The molecule has 0 spiro atoms. The lowest BCUT2D eigenvalue weighted by Gasteiger charge is -2.06. The lowest BCUT2D eigenvalue weighted by atomic mass is 10.2. The van der Waals surface area contributed by atoms with Crippen molar-refractivity contribution in [2.45, 2.75) is 6.42 Å². The molecule has 0 saturated heterocycles. The van der Waals surface area contributed by atoms with E-state index in [1.807, 2.05) is 30.3 Å². The summed E-state index contributed by atoms with van der Waals surface area (Å²) in [5.41, 5.74) is 13.1. The van der Waals surface area contributed by atoms with Crippen molar-refractivity contribution < 1.29 is 0 Å². The average molecular weight is 237 g/mol. The second kappa shape index (κ2) is 4.55. The Morgan fingerprint density at radius 3 is 2.81 bits per heavy atom. The Kier molecular flexibility index (Phi) is 3.12. The van der Waals surface area contributed by atoms with E-state index in [-0.39, 0.29) is 0 Å². The Labute approximate surface area is 98.8 Å². The molecule has 0 atom stereocenters. The van der Waals surface area contributed by atoms with Crippen LogP contribution in [0.3, 0.4) is 0 Å². The highest BCUT2D eigenvalue weighted by atomic mass is 35.5. The minimum absolute atomic E-state index is 0.489. The number of benzene rings is 1. The first-order valence-electron chi connectivity index (χ1n) is 5.01. The molecule has 0 unspecified atom stereocenters. The third-order valence-corrected chi connectivity index (χ3v) is 2.49. The van der Waals surface area contributed by atoms with Gasteiger partial charge in [-0.1, -0.05) is 17.7 Å². The van der Waals surface area contributed by atoms with E-state index in [4.69, 9.17) is 23.1 Å². The van der Waals surface area contributed by atoms with Crippen molar-refractivity contribution in [3.63, 3.8) is 0 Å². The van der Waals surface area contributed by atoms with Crippen LogP contribution in [-0.2, 0) is 6.42 Å². The van der Waals surface area contributed by atoms with Crippen LogP contribution in [0.2, 0.25) is 5.02 Å². The van der Waals surface area contributed by atoms with Crippen LogP contribution in [0.1, 0.15) is 5.69 Å². The molecule has 16 heavy (non-hydrogen) atoms. The zero-order chi connectivity index (χ0) is 11.5. The van der Waals surface area contributed by atoms with Crippen molar-refractivity contribution in [2.75, 3.05) is 12.3 Å². The van der Waals surface area contributed by atoms with Crippen molar-refractivity contribution >= 4 is 17.4 Å². The first kappa shape index (κ1) is 11.0. The van der Waals surface area contributed by atoms with Gasteiger partial charge >= 0.3 is 0 Å². The summed E-state index contributed by atoms with van der Waals surface area (Å²) in [7, 11) is 0. The van der Waals surface area contributed by atoms with Gasteiger partial charge in [0.15, 0.2) is 0 Å². The van der Waals surface area contributed by atoms with E-state index in [1.54, 1.807) is 4.68 Å². The van der Waals surface area contributed by atoms with E-state index in [2.05, 4.69) is 5.10 Å². The van der Waals surface area contributed by atoms with Gasteiger partial charge in [0.25, 0.3) is 0 Å². The Balaban J connectivity index is 2.46. The van der Waals surface area contributed by atoms with Crippen LogP contribution in [0.5, 0.6) is 0 Å². The Bertz CT molecular complexity index is 492. The van der Waals surface area contributed by atoms with Crippen LogP contribution in [0.15, 0.2) is 30.3 Å². The summed E-state index contributed by atoms with van der Waals surface area (Å²) in [6.07, 6.45) is 0.733. The third kappa shape index (κ3) is 2.18. The highest BCUT2D eigenvalue weighted by molar-refractivity contribution is 6.30. The van der Waals surface area contributed by atoms with Gasteiger partial charge in [-0.3, -0.25) is 0 Å². The maximum absolute atomic E-state index is 5.93. The fourth-order valence-corrected chi connectivity index (χ4v) is 1.78. The van der Waals surface area contributed by atoms with E-state index >= 15 is 0 Å². The molecule has 2 rings (SSSR count). The van der Waals surface area contributed by atoms with Crippen LogP contribution in [0.4, 0.5) is 5.82 Å². The van der Waals surface area contributed by atoms with Gasteiger partial charge in [0, 0.05) is 23.2 Å². The first-order valence-corrected chi connectivity index (χ1v) is 5.39. The van der Waals surface area contributed by atoms with Gasteiger partial charge in [0.1, 0.15) is 5.82 Å². The molecule has 0 amide bonds. The molecule has 0 bridgehead atoms. The van der Waals surface area contributed by atoms with Crippen molar-refractivity contribution in [3.8, 4) is 5.69 Å². The Hall–Kier alpha value is -1.52. The monoisotopic (exact) mass is 236 g/mol. The van der Waals surface area contributed by atoms with Crippen molar-refractivity contribution in [2.24, 2.45) is 5.73 Å². The number of rotatable bonds is 3. The summed E-state index contributed by atoms with van der Waals surface area (Å²) in [5, 5.41) is 4.89. The van der Waals surface area contributed by atoms with Crippen molar-refractivity contribution in [1.82, 2.24) is 9.78 Å². The normalized spacial score (nSPS) is 10.6. The number of hydrogen-bond donors (Lipinski definition) is 2. The topological polar surface area (TPSA) is 69.9 Å². The molecule has 2 aromatic rings. The Morgan fingerprint density at radius 1 is 1.31 bits per heavy atom. The van der Waals surface area contributed by atoms with Gasteiger partial charge in [-0.25, -0.2) is 4.68 Å². The van der Waals surface area contributed by atoms with E-state index in [0.29, 0.717) is 17.4 Å². The highest BCUT2D eigenvalue weighted by Gasteiger charge is 2.07.